The first kappa shape index (κ1) is 9.88. The zero-order valence-corrected chi connectivity index (χ0v) is 7.01. The molecule has 1 fully saturated rings. The molecule has 0 unspecified atom stereocenters. The van der Waals surface area contributed by atoms with Crippen LogP contribution in [-0.4, -0.2) is 52.3 Å². The predicted octanol–water partition coefficient (Wildman–Crippen LogP) is -2.61. The SMILES string of the molecule is C[C@@H]1N[C@H](CN)[C@@H](O)[C@H](O)[C@@H]1O. The molecule has 1 saturated heterocycles. The number of rotatable bonds is 1. The monoisotopic (exact) mass is 176 g/mol. The third-order valence-corrected chi connectivity index (χ3v) is 2.36. The standard InChI is InChI=1S/C7H16N2O3/c1-3-5(10)7(12)6(11)4(2-8)9-3/h3-7,9-12H,2,8H2,1H3/t3-,4+,5+,6+,7+/m0/s1. The second-order valence-electron chi connectivity index (χ2n) is 3.27. The van der Waals surface area contributed by atoms with Gasteiger partial charge in [0, 0.05) is 18.6 Å². The Kier molecular flexibility index (Phi) is 3.03. The molecule has 0 aromatic carbocycles. The Morgan fingerprint density at radius 2 is 1.75 bits per heavy atom. The molecule has 5 atom stereocenters. The quantitative estimate of drug-likeness (QED) is 0.301. The van der Waals surface area contributed by atoms with Crippen molar-refractivity contribution in [2.75, 3.05) is 6.54 Å². The van der Waals surface area contributed by atoms with Gasteiger partial charge in [-0.15, -0.1) is 0 Å². The van der Waals surface area contributed by atoms with E-state index in [4.69, 9.17) is 5.73 Å². The van der Waals surface area contributed by atoms with Crippen LogP contribution in [0.15, 0.2) is 0 Å². The van der Waals surface area contributed by atoms with Crippen molar-refractivity contribution in [1.82, 2.24) is 5.32 Å². The van der Waals surface area contributed by atoms with Gasteiger partial charge < -0.3 is 26.4 Å². The Labute approximate surface area is 71.2 Å². The molecule has 5 nitrogen and oxygen atoms in total. The van der Waals surface area contributed by atoms with Gasteiger partial charge in [-0.2, -0.15) is 0 Å². The van der Waals surface area contributed by atoms with E-state index in [1.165, 1.54) is 0 Å². The minimum atomic E-state index is -1.10. The first-order valence-electron chi connectivity index (χ1n) is 4.08. The fourth-order valence-corrected chi connectivity index (χ4v) is 1.48. The van der Waals surface area contributed by atoms with E-state index < -0.39 is 18.3 Å². The molecule has 1 rings (SSSR count). The fourth-order valence-electron chi connectivity index (χ4n) is 1.48. The molecule has 0 aliphatic carbocycles. The number of hydrogen-bond acceptors (Lipinski definition) is 5. The lowest BCUT2D eigenvalue weighted by molar-refractivity contribution is -0.108. The summed E-state index contributed by atoms with van der Waals surface area (Å²) in [6.45, 7) is 1.98. The molecule has 1 aliphatic rings. The molecule has 12 heavy (non-hydrogen) atoms. The highest BCUT2D eigenvalue weighted by molar-refractivity contribution is 4.96. The largest absolute Gasteiger partial charge is 0.389 e. The topological polar surface area (TPSA) is 98.7 Å². The van der Waals surface area contributed by atoms with Crippen LogP contribution in [0.4, 0.5) is 0 Å². The molecule has 0 amide bonds. The minimum absolute atomic E-state index is 0.239. The Hall–Kier alpha value is -0.200. The molecule has 72 valence electrons. The third kappa shape index (κ3) is 1.60. The van der Waals surface area contributed by atoms with Gasteiger partial charge in [0.1, 0.15) is 6.10 Å². The number of aliphatic hydroxyl groups is 3. The summed E-state index contributed by atoms with van der Waals surface area (Å²) in [5.74, 6) is 0. The number of nitrogens with two attached hydrogens (primary N) is 1. The van der Waals surface area contributed by atoms with Crippen molar-refractivity contribution in [3.05, 3.63) is 0 Å². The van der Waals surface area contributed by atoms with E-state index in [0.29, 0.717) is 0 Å². The summed E-state index contributed by atoms with van der Waals surface area (Å²) in [7, 11) is 0. The number of nitrogens with one attached hydrogen (secondary N) is 1. The van der Waals surface area contributed by atoms with Gasteiger partial charge >= 0.3 is 0 Å². The van der Waals surface area contributed by atoms with Crippen LogP contribution in [0.25, 0.3) is 0 Å². The molecule has 1 aliphatic heterocycles. The maximum Gasteiger partial charge on any atom is 0.109 e. The summed E-state index contributed by atoms with van der Waals surface area (Å²) in [4.78, 5) is 0. The summed E-state index contributed by atoms with van der Waals surface area (Å²) in [6, 6.07) is -0.574. The van der Waals surface area contributed by atoms with Crippen molar-refractivity contribution in [1.29, 1.82) is 0 Å². The molecule has 0 spiro atoms. The molecule has 0 saturated carbocycles. The molecule has 0 aromatic heterocycles. The van der Waals surface area contributed by atoms with Gasteiger partial charge in [-0.05, 0) is 6.92 Å². The first-order valence-corrected chi connectivity index (χ1v) is 4.08. The van der Waals surface area contributed by atoms with E-state index in [1.54, 1.807) is 6.92 Å². The fraction of sp³-hybridized carbons (Fsp3) is 1.00. The van der Waals surface area contributed by atoms with E-state index >= 15 is 0 Å². The smallest absolute Gasteiger partial charge is 0.109 e. The summed E-state index contributed by atoms with van der Waals surface area (Å²) < 4.78 is 0. The first-order chi connectivity index (χ1) is 5.57. The Bertz CT molecular complexity index is 151. The molecule has 6 N–H and O–H groups in total. The molecular formula is C7H16N2O3. The molecule has 0 bridgehead atoms. The van der Waals surface area contributed by atoms with Crippen molar-refractivity contribution < 1.29 is 15.3 Å². The average molecular weight is 176 g/mol. The van der Waals surface area contributed by atoms with Gasteiger partial charge in [0.15, 0.2) is 0 Å². The Balaban J connectivity index is 2.63. The normalized spacial score (nSPS) is 49.2. The molecular weight excluding hydrogens is 160 g/mol. The van der Waals surface area contributed by atoms with E-state index in [2.05, 4.69) is 5.32 Å². The highest BCUT2D eigenvalue weighted by Crippen LogP contribution is 2.14. The zero-order valence-electron chi connectivity index (χ0n) is 7.01. The van der Waals surface area contributed by atoms with Crippen LogP contribution in [-0.2, 0) is 0 Å². The van der Waals surface area contributed by atoms with E-state index in [0.717, 1.165) is 0 Å². The number of hydrogen-bond donors (Lipinski definition) is 5. The number of aliphatic hydroxyl groups excluding tert-OH is 3. The van der Waals surface area contributed by atoms with Gasteiger partial charge in [0.25, 0.3) is 0 Å². The van der Waals surface area contributed by atoms with Crippen molar-refractivity contribution in [2.24, 2.45) is 5.73 Å². The third-order valence-electron chi connectivity index (χ3n) is 2.36. The maximum atomic E-state index is 9.37. The van der Waals surface area contributed by atoms with Crippen molar-refractivity contribution in [2.45, 2.75) is 37.3 Å². The van der Waals surface area contributed by atoms with Crippen molar-refractivity contribution >= 4 is 0 Å². The summed E-state index contributed by atoms with van der Waals surface area (Å²) in [6.07, 6.45) is -3.02. The van der Waals surface area contributed by atoms with Crippen molar-refractivity contribution in [3.63, 3.8) is 0 Å². The summed E-state index contributed by atoms with van der Waals surface area (Å²) >= 11 is 0. The van der Waals surface area contributed by atoms with E-state index in [-0.39, 0.29) is 18.6 Å². The van der Waals surface area contributed by atoms with Crippen LogP contribution in [0.5, 0.6) is 0 Å². The second kappa shape index (κ2) is 3.68. The van der Waals surface area contributed by atoms with Crippen LogP contribution >= 0.6 is 0 Å². The van der Waals surface area contributed by atoms with Gasteiger partial charge in [-0.3, -0.25) is 0 Å². The minimum Gasteiger partial charge on any atom is -0.389 e. The highest BCUT2D eigenvalue weighted by Gasteiger charge is 2.39. The molecule has 0 aromatic rings. The lowest BCUT2D eigenvalue weighted by Gasteiger charge is -2.39. The summed E-state index contributed by atoms with van der Waals surface area (Å²) in [5, 5.41) is 30.9. The van der Waals surface area contributed by atoms with Gasteiger partial charge in [0.05, 0.1) is 12.2 Å². The lowest BCUT2D eigenvalue weighted by atomic mass is 9.91. The van der Waals surface area contributed by atoms with E-state index in [1.807, 2.05) is 0 Å². The number of piperidine rings is 1. The average Bonchev–Trinajstić information content (AvgIpc) is 2.08. The highest BCUT2D eigenvalue weighted by atomic mass is 16.4. The van der Waals surface area contributed by atoms with Gasteiger partial charge in [-0.25, -0.2) is 0 Å². The molecule has 1 heterocycles. The van der Waals surface area contributed by atoms with Crippen LogP contribution in [0.3, 0.4) is 0 Å². The summed E-state index contributed by atoms with van der Waals surface area (Å²) in [5.41, 5.74) is 5.35. The van der Waals surface area contributed by atoms with Gasteiger partial charge in [0.2, 0.25) is 0 Å². The van der Waals surface area contributed by atoms with E-state index in [9.17, 15) is 15.3 Å². The zero-order chi connectivity index (χ0) is 9.30. The van der Waals surface area contributed by atoms with Gasteiger partial charge in [-0.1, -0.05) is 0 Å². The Morgan fingerprint density at radius 1 is 1.17 bits per heavy atom. The molecule has 0 radical (unpaired) electrons. The van der Waals surface area contributed by atoms with Crippen molar-refractivity contribution in [3.8, 4) is 0 Å². The predicted molar refractivity (Wildman–Crippen MR) is 43.5 cm³/mol. The van der Waals surface area contributed by atoms with Crippen LogP contribution in [0, 0.1) is 0 Å². The lowest BCUT2D eigenvalue weighted by Crippen LogP contribution is -2.65. The Morgan fingerprint density at radius 3 is 2.25 bits per heavy atom. The second-order valence-corrected chi connectivity index (χ2v) is 3.27. The van der Waals surface area contributed by atoms with Crippen LogP contribution in [0.2, 0.25) is 0 Å². The van der Waals surface area contributed by atoms with Crippen LogP contribution < -0.4 is 11.1 Å². The van der Waals surface area contributed by atoms with Crippen LogP contribution in [0.1, 0.15) is 6.92 Å². The molecule has 5 heteroatoms. The maximum absolute atomic E-state index is 9.37.